The number of rotatable bonds is 5. The Labute approximate surface area is 153 Å². The van der Waals surface area contributed by atoms with Crippen molar-refractivity contribution in [1.82, 2.24) is 14.8 Å². The first kappa shape index (κ1) is 17.8. The van der Waals surface area contributed by atoms with Crippen LogP contribution in [0.3, 0.4) is 0 Å². The molecule has 9 nitrogen and oxygen atoms in total. The smallest absolute Gasteiger partial charge is 0.267 e. The van der Waals surface area contributed by atoms with Crippen LogP contribution in [-0.4, -0.2) is 28.1 Å². The summed E-state index contributed by atoms with van der Waals surface area (Å²) in [5.74, 6) is -0.0736. The van der Waals surface area contributed by atoms with Gasteiger partial charge in [0.05, 0.1) is 15.6 Å². The largest absolute Gasteiger partial charge is 0.273 e. The van der Waals surface area contributed by atoms with E-state index in [-0.39, 0.29) is 22.2 Å². The summed E-state index contributed by atoms with van der Waals surface area (Å²) in [6, 6.07) is 11.0. The number of nitro groups is 1. The maximum absolute atomic E-state index is 12.7. The van der Waals surface area contributed by atoms with E-state index < -0.39 is 19.8 Å². The molecule has 11 heteroatoms. The summed E-state index contributed by atoms with van der Waals surface area (Å²) in [7, 11) is -4.23. The normalized spacial score (nSPS) is 11.3. The number of halogens is 1. The van der Waals surface area contributed by atoms with Crippen molar-refractivity contribution in [1.29, 1.82) is 0 Å². The van der Waals surface area contributed by atoms with Gasteiger partial charge in [0, 0.05) is 11.6 Å². The standard InChI is InChI=1S/C15H12ClN5O4S/c1-10-7-12(16)14(8-13(10)21(22)23)26(24,25)19-15-18-17-9-20(15)11-5-3-2-4-6-11/h2-9H,1H3,(H,18,19). The topological polar surface area (TPSA) is 120 Å². The van der Waals surface area contributed by atoms with Gasteiger partial charge in [-0.3, -0.25) is 14.7 Å². The van der Waals surface area contributed by atoms with E-state index >= 15 is 0 Å². The van der Waals surface area contributed by atoms with Crippen LogP contribution in [0.5, 0.6) is 0 Å². The third kappa shape index (κ3) is 3.37. The molecular weight excluding hydrogens is 382 g/mol. The number of aryl methyl sites for hydroxylation is 1. The van der Waals surface area contributed by atoms with Gasteiger partial charge in [0.2, 0.25) is 5.95 Å². The Kier molecular flexibility index (Phi) is 4.62. The van der Waals surface area contributed by atoms with E-state index in [0.29, 0.717) is 5.69 Å². The molecular formula is C15H12ClN5O4S. The summed E-state index contributed by atoms with van der Waals surface area (Å²) in [5.41, 5.74) is 0.543. The third-order valence-corrected chi connectivity index (χ3v) is 5.34. The molecule has 0 aliphatic carbocycles. The maximum atomic E-state index is 12.7. The van der Waals surface area contributed by atoms with Crippen LogP contribution < -0.4 is 4.72 Å². The molecule has 0 atom stereocenters. The summed E-state index contributed by atoms with van der Waals surface area (Å²) in [6.07, 6.45) is 1.34. The lowest BCUT2D eigenvalue weighted by Gasteiger charge is -2.11. The number of nitro benzene ring substituents is 1. The number of nitrogens with zero attached hydrogens (tertiary/aromatic N) is 4. The number of benzene rings is 2. The van der Waals surface area contributed by atoms with E-state index in [4.69, 9.17) is 11.6 Å². The minimum absolute atomic E-state index is 0.0736. The fourth-order valence-corrected chi connectivity index (χ4v) is 3.90. The molecule has 0 spiro atoms. The Balaban J connectivity index is 2.03. The molecule has 1 N–H and O–H groups in total. The highest BCUT2D eigenvalue weighted by atomic mass is 35.5. The van der Waals surface area contributed by atoms with Gasteiger partial charge in [-0.25, -0.2) is 13.1 Å². The summed E-state index contributed by atoms with van der Waals surface area (Å²) in [6.45, 7) is 1.47. The van der Waals surface area contributed by atoms with E-state index in [2.05, 4.69) is 14.9 Å². The second-order valence-electron chi connectivity index (χ2n) is 5.29. The molecule has 1 aromatic heterocycles. The number of nitrogens with one attached hydrogen (secondary N) is 1. The molecule has 1 heterocycles. The lowest BCUT2D eigenvalue weighted by molar-refractivity contribution is -0.385. The van der Waals surface area contributed by atoms with Crippen LogP contribution in [0.15, 0.2) is 53.7 Å². The molecule has 0 aliphatic heterocycles. The van der Waals surface area contributed by atoms with Crippen LogP contribution in [0.2, 0.25) is 5.02 Å². The van der Waals surface area contributed by atoms with Gasteiger partial charge < -0.3 is 0 Å². The highest BCUT2D eigenvalue weighted by Gasteiger charge is 2.25. The Morgan fingerprint density at radius 3 is 2.58 bits per heavy atom. The minimum Gasteiger partial charge on any atom is -0.267 e. The lowest BCUT2D eigenvalue weighted by Crippen LogP contribution is -2.17. The predicted octanol–water partition coefficient (Wildman–Crippen LogP) is 2.94. The van der Waals surface area contributed by atoms with E-state index in [1.54, 1.807) is 24.3 Å². The van der Waals surface area contributed by atoms with E-state index in [1.165, 1.54) is 23.9 Å². The van der Waals surface area contributed by atoms with Crippen molar-refractivity contribution in [3.63, 3.8) is 0 Å². The number of aromatic nitrogens is 3. The van der Waals surface area contributed by atoms with E-state index in [9.17, 15) is 18.5 Å². The molecule has 0 saturated carbocycles. The molecule has 3 aromatic rings. The van der Waals surface area contributed by atoms with E-state index in [0.717, 1.165) is 6.07 Å². The first-order valence-electron chi connectivity index (χ1n) is 7.22. The van der Waals surface area contributed by atoms with Gasteiger partial charge in [0.15, 0.2) is 0 Å². The van der Waals surface area contributed by atoms with Crippen LogP contribution in [-0.2, 0) is 10.0 Å². The molecule has 0 bridgehead atoms. The maximum Gasteiger partial charge on any atom is 0.273 e. The fraction of sp³-hybridized carbons (Fsp3) is 0.0667. The molecule has 0 radical (unpaired) electrons. The zero-order valence-electron chi connectivity index (χ0n) is 13.3. The van der Waals surface area contributed by atoms with Crippen LogP contribution in [0.25, 0.3) is 5.69 Å². The Bertz CT molecular complexity index is 1080. The van der Waals surface area contributed by atoms with Gasteiger partial charge in [-0.05, 0) is 25.1 Å². The Morgan fingerprint density at radius 1 is 1.23 bits per heavy atom. The molecule has 134 valence electrons. The number of sulfonamides is 1. The highest BCUT2D eigenvalue weighted by molar-refractivity contribution is 7.92. The van der Waals surface area contributed by atoms with Crippen molar-refractivity contribution in [3.8, 4) is 5.69 Å². The van der Waals surface area contributed by atoms with Crippen LogP contribution in [0, 0.1) is 17.0 Å². The van der Waals surface area contributed by atoms with Crippen molar-refractivity contribution < 1.29 is 13.3 Å². The monoisotopic (exact) mass is 393 g/mol. The van der Waals surface area contributed by atoms with Crippen LogP contribution in [0.1, 0.15) is 5.56 Å². The number of hydrogen-bond acceptors (Lipinski definition) is 6. The second kappa shape index (κ2) is 6.73. The van der Waals surface area contributed by atoms with E-state index in [1.807, 2.05) is 6.07 Å². The summed E-state index contributed by atoms with van der Waals surface area (Å²) in [5, 5.41) is 18.4. The lowest BCUT2D eigenvalue weighted by atomic mass is 10.2. The molecule has 0 aliphatic rings. The van der Waals surface area contributed by atoms with Gasteiger partial charge >= 0.3 is 0 Å². The third-order valence-electron chi connectivity index (χ3n) is 3.54. The Morgan fingerprint density at radius 2 is 1.92 bits per heavy atom. The average molecular weight is 394 g/mol. The van der Waals surface area contributed by atoms with Crippen molar-refractivity contribution >= 4 is 33.3 Å². The number of hydrogen-bond donors (Lipinski definition) is 1. The fourth-order valence-electron chi connectivity index (χ4n) is 2.30. The summed E-state index contributed by atoms with van der Waals surface area (Å²) in [4.78, 5) is 10.0. The average Bonchev–Trinajstić information content (AvgIpc) is 3.02. The SMILES string of the molecule is Cc1cc(Cl)c(S(=O)(=O)Nc2nncn2-c2ccccc2)cc1[N+](=O)[O-]. The molecule has 0 amide bonds. The zero-order valence-corrected chi connectivity index (χ0v) is 14.9. The summed E-state index contributed by atoms with van der Waals surface area (Å²) >= 11 is 6.00. The highest BCUT2D eigenvalue weighted by Crippen LogP contribution is 2.30. The van der Waals surface area contributed by atoms with Crippen molar-refractivity contribution in [2.75, 3.05) is 4.72 Å². The number of anilines is 1. The van der Waals surface area contributed by atoms with Crippen molar-refractivity contribution in [2.45, 2.75) is 11.8 Å². The molecule has 0 saturated heterocycles. The molecule has 26 heavy (non-hydrogen) atoms. The van der Waals surface area contributed by atoms with Gasteiger partial charge in [0.1, 0.15) is 11.2 Å². The van der Waals surface area contributed by atoms with Gasteiger partial charge in [-0.15, -0.1) is 10.2 Å². The molecule has 0 fully saturated rings. The van der Waals surface area contributed by atoms with Crippen molar-refractivity contribution in [3.05, 3.63) is 69.5 Å². The quantitative estimate of drug-likeness (QED) is 0.525. The van der Waals surface area contributed by atoms with Gasteiger partial charge in [-0.2, -0.15) is 0 Å². The molecule has 0 unspecified atom stereocenters. The second-order valence-corrected chi connectivity index (χ2v) is 7.35. The first-order chi connectivity index (χ1) is 12.3. The molecule has 3 rings (SSSR count). The number of para-hydroxylation sites is 1. The van der Waals surface area contributed by atoms with Gasteiger partial charge in [-0.1, -0.05) is 29.8 Å². The van der Waals surface area contributed by atoms with Crippen LogP contribution in [0.4, 0.5) is 11.6 Å². The molecule has 2 aromatic carbocycles. The Hall–Kier alpha value is -2.98. The minimum atomic E-state index is -4.23. The van der Waals surface area contributed by atoms with Gasteiger partial charge in [0.25, 0.3) is 15.7 Å². The van der Waals surface area contributed by atoms with Crippen LogP contribution >= 0.6 is 11.6 Å². The first-order valence-corrected chi connectivity index (χ1v) is 9.08. The predicted molar refractivity (Wildman–Crippen MR) is 95.0 cm³/mol. The van der Waals surface area contributed by atoms with Crippen molar-refractivity contribution in [2.24, 2.45) is 0 Å². The zero-order chi connectivity index (χ0) is 18.9. The summed E-state index contributed by atoms with van der Waals surface area (Å²) < 4.78 is 29.1.